The molecule has 1 atom stereocenters. The molecule has 118 valence electrons. The molecular weight excluding hydrogens is 302 g/mol. The quantitative estimate of drug-likeness (QED) is 0.774. The zero-order valence-electron chi connectivity index (χ0n) is 12.0. The van der Waals surface area contributed by atoms with Crippen LogP contribution in [0.4, 0.5) is 8.78 Å². The van der Waals surface area contributed by atoms with E-state index in [9.17, 15) is 13.6 Å². The maximum Gasteiger partial charge on any atom is 0.387 e. The van der Waals surface area contributed by atoms with E-state index < -0.39 is 12.7 Å². The van der Waals surface area contributed by atoms with E-state index in [4.69, 9.17) is 11.6 Å². The standard InChI is InChI=1S/C14H19ClF2N2O2/c1-3-6-18-13(20)9(2)19-8-10-7-11(15)4-5-12(10)21-14(16)17/h4-5,7,9,14,19H,3,6,8H2,1-2H3,(H,18,20). The Morgan fingerprint density at radius 3 is 2.76 bits per heavy atom. The molecule has 0 spiro atoms. The van der Waals surface area contributed by atoms with Gasteiger partial charge >= 0.3 is 6.61 Å². The van der Waals surface area contributed by atoms with Crippen LogP contribution in [0.25, 0.3) is 0 Å². The second-order valence-corrected chi connectivity index (χ2v) is 4.96. The Morgan fingerprint density at radius 2 is 2.14 bits per heavy atom. The SMILES string of the molecule is CCCNC(=O)C(C)NCc1cc(Cl)ccc1OC(F)F. The fourth-order valence-corrected chi connectivity index (χ4v) is 1.85. The average Bonchev–Trinajstić information content (AvgIpc) is 2.44. The minimum absolute atomic E-state index is 0.0445. The van der Waals surface area contributed by atoms with Gasteiger partial charge in [0.1, 0.15) is 5.75 Å². The Kier molecular flexibility index (Phi) is 7.39. The molecule has 0 aromatic heterocycles. The van der Waals surface area contributed by atoms with E-state index in [1.807, 2.05) is 6.92 Å². The van der Waals surface area contributed by atoms with Crippen molar-refractivity contribution in [1.29, 1.82) is 0 Å². The first-order chi connectivity index (χ1) is 9.93. The highest BCUT2D eigenvalue weighted by Gasteiger charge is 2.14. The molecule has 0 saturated carbocycles. The van der Waals surface area contributed by atoms with E-state index in [1.54, 1.807) is 6.92 Å². The minimum Gasteiger partial charge on any atom is -0.434 e. The zero-order valence-corrected chi connectivity index (χ0v) is 12.7. The number of alkyl halides is 2. The van der Waals surface area contributed by atoms with Crippen LogP contribution in [0.15, 0.2) is 18.2 Å². The molecule has 7 heteroatoms. The summed E-state index contributed by atoms with van der Waals surface area (Å²) in [5.41, 5.74) is 0.470. The molecule has 0 aliphatic carbocycles. The number of ether oxygens (including phenoxy) is 1. The third-order valence-electron chi connectivity index (χ3n) is 2.78. The van der Waals surface area contributed by atoms with Gasteiger partial charge in [-0.3, -0.25) is 4.79 Å². The van der Waals surface area contributed by atoms with E-state index >= 15 is 0 Å². The monoisotopic (exact) mass is 320 g/mol. The third-order valence-corrected chi connectivity index (χ3v) is 3.01. The van der Waals surface area contributed by atoms with Gasteiger partial charge in [0, 0.05) is 23.7 Å². The summed E-state index contributed by atoms with van der Waals surface area (Å²) in [6.45, 7) is 1.54. The molecule has 1 aromatic rings. The summed E-state index contributed by atoms with van der Waals surface area (Å²) in [6, 6.07) is 3.94. The van der Waals surface area contributed by atoms with E-state index in [-0.39, 0.29) is 18.2 Å². The van der Waals surface area contributed by atoms with Crippen LogP contribution >= 0.6 is 11.6 Å². The average molecular weight is 321 g/mol. The summed E-state index contributed by atoms with van der Waals surface area (Å²) in [5.74, 6) is -0.0988. The number of hydrogen-bond donors (Lipinski definition) is 2. The summed E-state index contributed by atoms with van der Waals surface area (Å²) in [6.07, 6.45) is 0.846. The molecule has 0 aliphatic rings. The molecular formula is C14H19ClF2N2O2. The van der Waals surface area contributed by atoms with Crippen LogP contribution in [-0.2, 0) is 11.3 Å². The van der Waals surface area contributed by atoms with Crippen LogP contribution in [0.3, 0.4) is 0 Å². The smallest absolute Gasteiger partial charge is 0.387 e. The number of amides is 1. The van der Waals surface area contributed by atoms with Gasteiger partial charge in [-0.25, -0.2) is 0 Å². The van der Waals surface area contributed by atoms with Crippen LogP contribution in [0.2, 0.25) is 5.02 Å². The summed E-state index contributed by atoms with van der Waals surface area (Å²) in [5, 5.41) is 6.11. The number of benzene rings is 1. The Labute approximate surface area is 127 Å². The molecule has 0 fully saturated rings. The highest BCUT2D eigenvalue weighted by Crippen LogP contribution is 2.24. The highest BCUT2D eigenvalue weighted by atomic mass is 35.5. The lowest BCUT2D eigenvalue weighted by atomic mass is 10.2. The van der Waals surface area contributed by atoms with Gasteiger partial charge in [-0.15, -0.1) is 0 Å². The summed E-state index contributed by atoms with van der Waals surface area (Å²) >= 11 is 5.85. The molecule has 1 aromatic carbocycles. The van der Waals surface area contributed by atoms with Crippen molar-refractivity contribution in [3.8, 4) is 5.75 Å². The van der Waals surface area contributed by atoms with Gasteiger partial charge in [-0.2, -0.15) is 8.78 Å². The van der Waals surface area contributed by atoms with Crippen LogP contribution in [0, 0.1) is 0 Å². The Hall–Kier alpha value is -1.40. The van der Waals surface area contributed by atoms with Gasteiger partial charge < -0.3 is 15.4 Å². The Balaban J connectivity index is 2.65. The Morgan fingerprint density at radius 1 is 1.43 bits per heavy atom. The fraction of sp³-hybridized carbons (Fsp3) is 0.500. The van der Waals surface area contributed by atoms with Crippen molar-refractivity contribution in [3.63, 3.8) is 0 Å². The number of hydrogen-bond acceptors (Lipinski definition) is 3. The molecule has 0 saturated heterocycles. The first-order valence-electron chi connectivity index (χ1n) is 6.68. The first-order valence-corrected chi connectivity index (χ1v) is 7.06. The van der Waals surface area contributed by atoms with Gasteiger partial charge in [0.05, 0.1) is 6.04 Å². The Bertz CT molecular complexity index is 472. The van der Waals surface area contributed by atoms with Crippen molar-refractivity contribution in [2.45, 2.75) is 39.5 Å². The largest absolute Gasteiger partial charge is 0.434 e. The van der Waals surface area contributed by atoms with Gasteiger partial charge in [0.2, 0.25) is 5.91 Å². The normalized spacial score (nSPS) is 12.3. The molecule has 2 N–H and O–H groups in total. The number of halogens is 3. The first kappa shape index (κ1) is 17.7. The molecule has 0 radical (unpaired) electrons. The maximum atomic E-state index is 12.3. The predicted octanol–water partition coefficient (Wildman–Crippen LogP) is 2.95. The molecule has 0 aliphatic heterocycles. The molecule has 0 bridgehead atoms. The van der Waals surface area contributed by atoms with Crippen molar-refractivity contribution in [1.82, 2.24) is 10.6 Å². The van der Waals surface area contributed by atoms with Crippen molar-refractivity contribution in [2.75, 3.05) is 6.54 Å². The van der Waals surface area contributed by atoms with E-state index in [0.29, 0.717) is 17.1 Å². The topological polar surface area (TPSA) is 50.4 Å². The summed E-state index contributed by atoms with van der Waals surface area (Å²) in [4.78, 5) is 11.7. The van der Waals surface area contributed by atoms with Crippen LogP contribution < -0.4 is 15.4 Å². The lowest BCUT2D eigenvalue weighted by Crippen LogP contribution is -2.42. The number of nitrogens with one attached hydrogen (secondary N) is 2. The van der Waals surface area contributed by atoms with Crippen molar-refractivity contribution < 1.29 is 18.3 Å². The number of carbonyl (C=O) groups is 1. The van der Waals surface area contributed by atoms with E-state index in [0.717, 1.165) is 6.42 Å². The fourth-order valence-electron chi connectivity index (χ4n) is 1.65. The number of carbonyl (C=O) groups excluding carboxylic acids is 1. The van der Waals surface area contributed by atoms with Gasteiger partial charge in [0.25, 0.3) is 0 Å². The minimum atomic E-state index is -2.91. The molecule has 21 heavy (non-hydrogen) atoms. The van der Waals surface area contributed by atoms with Gasteiger partial charge in [-0.1, -0.05) is 18.5 Å². The summed E-state index contributed by atoms with van der Waals surface area (Å²) < 4.78 is 29.1. The maximum absolute atomic E-state index is 12.3. The van der Waals surface area contributed by atoms with E-state index in [2.05, 4.69) is 15.4 Å². The predicted molar refractivity (Wildman–Crippen MR) is 77.7 cm³/mol. The van der Waals surface area contributed by atoms with Crippen molar-refractivity contribution in [3.05, 3.63) is 28.8 Å². The third kappa shape index (κ3) is 6.27. The number of rotatable bonds is 8. The second-order valence-electron chi connectivity index (χ2n) is 4.52. The van der Waals surface area contributed by atoms with Crippen molar-refractivity contribution >= 4 is 17.5 Å². The highest BCUT2D eigenvalue weighted by molar-refractivity contribution is 6.30. The van der Waals surface area contributed by atoms with Gasteiger partial charge in [0.15, 0.2) is 0 Å². The van der Waals surface area contributed by atoms with Crippen LogP contribution in [0.5, 0.6) is 5.75 Å². The zero-order chi connectivity index (χ0) is 15.8. The molecule has 1 amide bonds. The van der Waals surface area contributed by atoms with Crippen LogP contribution in [-0.4, -0.2) is 25.1 Å². The van der Waals surface area contributed by atoms with E-state index in [1.165, 1.54) is 18.2 Å². The van der Waals surface area contributed by atoms with Crippen molar-refractivity contribution in [2.24, 2.45) is 0 Å². The molecule has 0 heterocycles. The molecule has 1 unspecified atom stereocenters. The second kappa shape index (κ2) is 8.79. The lowest BCUT2D eigenvalue weighted by Gasteiger charge is -2.16. The van der Waals surface area contributed by atoms with Crippen LogP contribution in [0.1, 0.15) is 25.8 Å². The summed E-state index contributed by atoms with van der Waals surface area (Å²) in [7, 11) is 0. The van der Waals surface area contributed by atoms with Gasteiger partial charge in [-0.05, 0) is 31.5 Å². The molecule has 4 nitrogen and oxygen atoms in total. The molecule has 1 rings (SSSR count). The lowest BCUT2D eigenvalue weighted by molar-refractivity contribution is -0.122.